The van der Waals surface area contributed by atoms with Crippen LogP contribution < -0.4 is 5.32 Å². The number of hydrogen-bond acceptors (Lipinski definition) is 3. The molecule has 1 N–H and O–H groups in total. The smallest absolute Gasteiger partial charge is 0.357 e. The number of esters is 1. The van der Waals surface area contributed by atoms with Crippen LogP contribution in [0.25, 0.3) is 0 Å². The summed E-state index contributed by atoms with van der Waals surface area (Å²) in [6, 6.07) is 1.71. The molecule has 0 aromatic carbocycles. The fraction of sp³-hybridized carbons (Fsp3) is 0.500. The summed E-state index contributed by atoms with van der Waals surface area (Å²) in [5, 5.41) is 2.63. The van der Waals surface area contributed by atoms with Crippen LogP contribution in [0, 0.1) is 0 Å². The van der Waals surface area contributed by atoms with Crippen molar-refractivity contribution in [1.82, 2.24) is 4.57 Å². The predicted octanol–water partition coefficient (Wildman–Crippen LogP) is 2.03. The lowest BCUT2D eigenvalue weighted by atomic mass is 10.3. The van der Waals surface area contributed by atoms with Crippen LogP contribution in [0.3, 0.4) is 0 Å². The Morgan fingerprint density at radius 1 is 1.41 bits per heavy atom. The van der Waals surface area contributed by atoms with Gasteiger partial charge in [-0.15, -0.1) is 0 Å². The van der Waals surface area contributed by atoms with Gasteiger partial charge in [-0.25, -0.2) is 4.79 Å². The average molecular weight is 238 g/mol. The highest BCUT2D eigenvalue weighted by Crippen LogP contribution is 2.19. The maximum atomic E-state index is 11.8. The number of hydrogen-bond donors (Lipinski definition) is 1. The van der Waals surface area contributed by atoms with Crippen molar-refractivity contribution in [2.24, 2.45) is 0 Å². The molecule has 1 aromatic rings. The Kier molecular flexibility index (Phi) is 4.75. The van der Waals surface area contributed by atoms with Gasteiger partial charge in [0, 0.05) is 19.7 Å². The SMILES string of the molecule is CCCn1ccc(NC(C)=O)c1C(=O)OCC. The summed E-state index contributed by atoms with van der Waals surface area (Å²) in [5.74, 6) is -0.612. The lowest BCUT2D eigenvalue weighted by Gasteiger charge is -2.09. The number of aryl methyl sites for hydroxylation is 1. The monoisotopic (exact) mass is 238 g/mol. The second kappa shape index (κ2) is 6.08. The van der Waals surface area contributed by atoms with E-state index in [4.69, 9.17) is 4.74 Å². The van der Waals surface area contributed by atoms with E-state index >= 15 is 0 Å². The molecule has 0 aliphatic heterocycles. The van der Waals surface area contributed by atoms with Gasteiger partial charge in [-0.05, 0) is 19.4 Å². The van der Waals surface area contributed by atoms with Crippen LogP contribution in [0.1, 0.15) is 37.7 Å². The van der Waals surface area contributed by atoms with Crippen molar-refractivity contribution in [3.8, 4) is 0 Å². The highest BCUT2D eigenvalue weighted by molar-refractivity contribution is 5.99. The zero-order chi connectivity index (χ0) is 12.8. The minimum Gasteiger partial charge on any atom is -0.461 e. The number of nitrogens with one attached hydrogen (secondary N) is 1. The van der Waals surface area contributed by atoms with Crippen LogP contribution in [0.4, 0.5) is 5.69 Å². The third kappa shape index (κ3) is 3.34. The first-order valence-electron chi connectivity index (χ1n) is 5.74. The Morgan fingerprint density at radius 3 is 2.65 bits per heavy atom. The fourth-order valence-corrected chi connectivity index (χ4v) is 1.62. The van der Waals surface area contributed by atoms with Gasteiger partial charge in [-0.2, -0.15) is 0 Å². The van der Waals surface area contributed by atoms with E-state index in [1.807, 2.05) is 6.92 Å². The normalized spacial score (nSPS) is 10.1. The number of rotatable bonds is 5. The minimum absolute atomic E-state index is 0.204. The number of aromatic nitrogens is 1. The number of carbonyl (C=O) groups is 2. The number of nitrogens with zero attached hydrogens (tertiary/aromatic N) is 1. The van der Waals surface area contributed by atoms with Crippen molar-refractivity contribution in [1.29, 1.82) is 0 Å². The summed E-state index contributed by atoms with van der Waals surface area (Å²) in [5.41, 5.74) is 0.910. The van der Waals surface area contributed by atoms with Crippen LogP contribution in [0.5, 0.6) is 0 Å². The van der Waals surface area contributed by atoms with Crippen LogP contribution >= 0.6 is 0 Å². The molecule has 0 radical (unpaired) electrons. The fourth-order valence-electron chi connectivity index (χ4n) is 1.62. The van der Waals surface area contributed by atoms with Crippen molar-refractivity contribution < 1.29 is 14.3 Å². The molecule has 1 aromatic heterocycles. The Labute approximate surface area is 101 Å². The molecule has 0 unspecified atom stereocenters. The molecule has 94 valence electrons. The van der Waals surface area contributed by atoms with E-state index in [0.29, 0.717) is 24.5 Å². The first-order valence-corrected chi connectivity index (χ1v) is 5.74. The topological polar surface area (TPSA) is 60.3 Å². The first kappa shape index (κ1) is 13.3. The van der Waals surface area contributed by atoms with Gasteiger partial charge < -0.3 is 14.6 Å². The standard InChI is InChI=1S/C12H18N2O3/c1-4-7-14-8-6-10(13-9(3)15)11(14)12(16)17-5-2/h6,8H,4-5,7H2,1-3H3,(H,13,15). The molecule has 0 saturated carbocycles. The van der Waals surface area contributed by atoms with E-state index in [1.54, 1.807) is 23.8 Å². The molecular formula is C12H18N2O3. The predicted molar refractivity (Wildman–Crippen MR) is 65.0 cm³/mol. The average Bonchev–Trinajstić information content (AvgIpc) is 2.61. The number of carbonyl (C=O) groups excluding carboxylic acids is 2. The van der Waals surface area contributed by atoms with Crippen molar-refractivity contribution in [2.45, 2.75) is 33.7 Å². The van der Waals surface area contributed by atoms with E-state index in [-0.39, 0.29) is 5.91 Å². The maximum absolute atomic E-state index is 11.8. The molecular weight excluding hydrogens is 220 g/mol. The molecule has 0 spiro atoms. The van der Waals surface area contributed by atoms with E-state index < -0.39 is 5.97 Å². The summed E-state index contributed by atoms with van der Waals surface area (Å²) in [7, 11) is 0. The van der Waals surface area contributed by atoms with E-state index in [9.17, 15) is 9.59 Å². The first-order chi connectivity index (χ1) is 8.10. The van der Waals surface area contributed by atoms with Crippen LogP contribution in [-0.2, 0) is 16.1 Å². The second-order valence-corrected chi connectivity index (χ2v) is 3.67. The van der Waals surface area contributed by atoms with Crippen molar-refractivity contribution in [2.75, 3.05) is 11.9 Å². The number of amides is 1. The highest BCUT2D eigenvalue weighted by atomic mass is 16.5. The molecule has 1 heterocycles. The van der Waals surface area contributed by atoms with Gasteiger partial charge in [-0.1, -0.05) is 6.92 Å². The maximum Gasteiger partial charge on any atom is 0.357 e. The Balaban J connectivity index is 3.04. The Morgan fingerprint density at radius 2 is 2.12 bits per heavy atom. The molecule has 0 saturated heterocycles. The van der Waals surface area contributed by atoms with E-state index in [1.165, 1.54) is 6.92 Å². The van der Waals surface area contributed by atoms with Gasteiger partial charge in [0.05, 0.1) is 12.3 Å². The Bertz CT molecular complexity index is 410. The Hall–Kier alpha value is -1.78. The van der Waals surface area contributed by atoms with E-state index in [2.05, 4.69) is 5.32 Å². The van der Waals surface area contributed by atoms with Gasteiger partial charge in [0.1, 0.15) is 0 Å². The van der Waals surface area contributed by atoms with Gasteiger partial charge >= 0.3 is 5.97 Å². The molecule has 0 fully saturated rings. The largest absolute Gasteiger partial charge is 0.461 e. The lowest BCUT2D eigenvalue weighted by molar-refractivity contribution is -0.114. The third-order valence-corrected chi connectivity index (χ3v) is 2.21. The lowest BCUT2D eigenvalue weighted by Crippen LogP contribution is -2.16. The van der Waals surface area contributed by atoms with Gasteiger partial charge in [0.15, 0.2) is 5.69 Å². The number of anilines is 1. The molecule has 1 rings (SSSR count). The summed E-state index contributed by atoms with van der Waals surface area (Å²) in [6.07, 6.45) is 2.68. The van der Waals surface area contributed by atoms with Crippen molar-refractivity contribution in [3.63, 3.8) is 0 Å². The molecule has 0 aliphatic rings. The molecule has 5 heteroatoms. The zero-order valence-electron chi connectivity index (χ0n) is 10.4. The summed E-state index contributed by atoms with van der Waals surface area (Å²) >= 11 is 0. The van der Waals surface area contributed by atoms with Crippen molar-refractivity contribution >= 4 is 17.6 Å². The van der Waals surface area contributed by atoms with Crippen LogP contribution in [0.15, 0.2) is 12.3 Å². The molecule has 0 bridgehead atoms. The summed E-state index contributed by atoms with van der Waals surface area (Å²) in [6.45, 7) is 6.21. The van der Waals surface area contributed by atoms with Crippen LogP contribution in [0.2, 0.25) is 0 Å². The second-order valence-electron chi connectivity index (χ2n) is 3.67. The van der Waals surface area contributed by atoms with Gasteiger partial charge in [-0.3, -0.25) is 4.79 Å². The van der Waals surface area contributed by atoms with Crippen LogP contribution in [-0.4, -0.2) is 23.1 Å². The van der Waals surface area contributed by atoms with E-state index in [0.717, 1.165) is 6.42 Å². The van der Waals surface area contributed by atoms with Gasteiger partial charge in [0.2, 0.25) is 5.91 Å². The molecule has 1 amide bonds. The molecule has 17 heavy (non-hydrogen) atoms. The molecule has 0 atom stereocenters. The molecule has 0 aliphatic carbocycles. The third-order valence-electron chi connectivity index (χ3n) is 2.21. The summed E-state index contributed by atoms with van der Waals surface area (Å²) < 4.78 is 6.78. The quantitative estimate of drug-likeness (QED) is 0.798. The highest BCUT2D eigenvalue weighted by Gasteiger charge is 2.18. The minimum atomic E-state index is -0.408. The zero-order valence-corrected chi connectivity index (χ0v) is 10.4. The molecule has 5 nitrogen and oxygen atoms in total. The van der Waals surface area contributed by atoms with Crippen molar-refractivity contribution in [3.05, 3.63) is 18.0 Å². The van der Waals surface area contributed by atoms with Gasteiger partial charge in [0.25, 0.3) is 0 Å². The summed E-state index contributed by atoms with van der Waals surface area (Å²) in [4.78, 5) is 22.8. The number of ether oxygens (including phenoxy) is 1.